The van der Waals surface area contributed by atoms with Crippen LogP contribution in [0.2, 0.25) is 0 Å². The minimum atomic E-state index is -0.0372. The minimum absolute atomic E-state index is 0.0372. The van der Waals surface area contributed by atoms with Crippen LogP contribution >= 0.6 is 15.9 Å². The summed E-state index contributed by atoms with van der Waals surface area (Å²) in [6, 6.07) is 1.96. The van der Waals surface area contributed by atoms with Gasteiger partial charge in [-0.25, -0.2) is 4.98 Å². The molecule has 2 heterocycles. The molecule has 2 aromatic rings. The van der Waals surface area contributed by atoms with Crippen molar-refractivity contribution in [3.63, 3.8) is 0 Å². The second-order valence-corrected chi connectivity index (χ2v) is 5.17. The lowest BCUT2D eigenvalue weighted by molar-refractivity contribution is 0.498. The maximum Gasteiger partial charge on any atom is 0.138 e. The highest BCUT2D eigenvalue weighted by atomic mass is 79.9. The van der Waals surface area contributed by atoms with Crippen molar-refractivity contribution in [2.24, 2.45) is 5.84 Å². The maximum absolute atomic E-state index is 5.64. The monoisotopic (exact) mass is 324 g/mol. The van der Waals surface area contributed by atoms with Crippen LogP contribution in [-0.2, 0) is 13.0 Å². The summed E-state index contributed by atoms with van der Waals surface area (Å²) >= 11 is 3.41. The zero-order valence-electron chi connectivity index (χ0n) is 10.8. The van der Waals surface area contributed by atoms with Crippen molar-refractivity contribution in [3.05, 3.63) is 40.6 Å². The summed E-state index contributed by atoms with van der Waals surface area (Å²) in [7, 11) is 0. The molecule has 6 nitrogen and oxygen atoms in total. The standard InChI is InChI=1S/C12H17BrN6/c1-2-3-19-12(16-8-17-19)5-11(18-14)9-4-10(13)7-15-6-9/h4,6-8,11,18H,2-3,5,14H2,1H3. The van der Waals surface area contributed by atoms with Crippen molar-refractivity contribution in [3.8, 4) is 0 Å². The molecule has 0 radical (unpaired) electrons. The van der Waals surface area contributed by atoms with Crippen LogP contribution in [0.5, 0.6) is 0 Å². The predicted molar refractivity (Wildman–Crippen MR) is 76.0 cm³/mol. The summed E-state index contributed by atoms with van der Waals surface area (Å²) in [5.41, 5.74) is 3.83. The Kier molecular flexibility index (Phi) is 5.00. The van der Waals surface area contributed by atoms with E-state index in [9.17, 15) is 0 Å². The van der Waals surface area contributed by atoms with Crippen molar-refractivity contribution in [1.82, 2.24) is 25.2 Å². The van der Waals surface area contributed by atoms with Gasteiger partial charge in [-0.1, -0.05) is 6.92 Å². The van der Waals surface area contributed by atoms with Crippen molar-refractivity contribution in [2.75, 3.05) is 0 Å². The van der Waals surface area contributed by atoms with Crippen molar-refractivity contribution >= 4 is 15.9 Å². The average Bonchev–Trinajstić information content (AvgIpc) is 2.84. The number of nitrogens with two attached hydrogens (primary N) is 1. The molecule has 3 N–H and O–H groups in total. The molecule has 1 atom stereocenters. The Morgan fingerprint density at radius 1 is 1.47 bits per heavy atom. The Morgan fingerprint density at radius 2 is 2.32 bits per heavy atom. The van der Waals surface area contributed by atoms with Crippen LogP contribution in [0.25, 0.3) is 0 Å². The number of nitrogens with one attached hydrogen (secondary N) is 1. The van der Waals surface area contributed by atoms with Gasteiger partial charge in [-0.15, -0.1) is 0 Å². The lowest BCUT2D eigenvalue weighted by atomic mass is 10.1. The summed E-state index contributed by atoms with van der Waals surface area (Å²) in [6.07, 6.45) is 6.83. The minimum Gasteiger partial charge on any atom is -0.271 e. The van der Waals surface area contributed by atoms with Crippen LogP contribution in [0.1, 0.15) is 30.8 Å². The Hall–Kier alpha value is -1.31. The fraction of sp³-hybridized carbons (Fsp3) is 0.417. The van der Waals surface area contributed by atoms with E-state index in [0.717, 1.165) is 28.8 Å². The highest BCUT2D eigenvalue weighted by Crippen LogP contribution is 2.19. The number of nitrogens with zero attached hydrogens (tertiary/aromatic N) is 4. The van der Waals surface area contributed by atoms with E-state index in [-0.39, 0.29) is 6.04 Å². The molecule has 0 spiro atoms. The van der Waals surface area contributed by atoms with Crippen molar-refractivity contribution in [1.29, 1.82) is 0 Å². The fourth-order valence-corrected chi connectivity index (χ4v) is 2.30. The molecule has 0 aromatic carbocycles. The Balaban J connectivity index is 2.17. The molecular formula is C12H17BrN6. The molecule has 0 saturated heterocycles. The first kappa shape index (κ1) is 14.1. The third-order valence-electron chi connectivity index (χ3n) is 2.85. The lowest BCUT2D eigenvalue weighted by Gasteiger charge is -2.16. The first-order valence-electron chi connectivity index (χ1n) is 6.17. The van der Waals surface area contributed by atoms with Crippen LogP contribution in [0, 0.1) is 0 Å². The molecule has 19 heavy (non-hydrogen) atoms. The highest BCUT2D eigenvalue weighted by molar-refractivity contribution is 9.10. The SMILES string of the molecule is CCCn1ncnc1CC(NN)c1cncc(Br)c1. The zero-order chi connectivity index (χ0) is 13.7. The molecule has 0 bridgehead atoms. The van der Waals surface area contributed by atoms with Gasteiger partial charge in [0.1, 0.15) is 12.2 Å². The van der Waals surface area contributed by atoms with Gasteiger partial charge in [0, 0.05) is 29.8 Å². The predicted octanol–water partition coefficient (Wildman–Crippen LogP) is 1.59. The molecular weight excluding hydrogens is 308 g/mol. The molecule has 0 saturated carbocycles. The van der Waals surface area contributed by atoms with Crippen molar-refractivity contribution in [2.45, 2.75) is 32.4 Å². The van der Waals surface area contributed by atoms with Gasteiger partial charge in [0.05, 0.1) is 6.04 Å². The molecule has 102 valence electrons. The van der Waals surface area contributed by atoms with E-state index in [1.54, 1.807) is 18.7 Å². The normalized spacial score (nSPS) is 12.6. The van der Waals surface area contributed by atoms with Crippen LogP contribution < -0.4 is 11.3 Å². The first-order chi connectivity index (χ1) is 9.24. The van der Waals surface area contributed by atoms with Crippen LogP contribution in [0.4, 0.5) is 0 Å². The number of hydrogen-bond acceptors (Lipinski definition) is 5. The molecule has 2 aromatic heterocycles. The van der Waals surface area contributed by atoms with E-state index in [1.165, 1.54) is 0 Å². The molecule has 0 aliphatic rings. The Morgan fingerprint density at radius 3 is 3.00 bits per heavy atom. The smallest absolute Gasteiger partial charge is 0.138 e. The number of halogens is 1. The van der Waals surface area contributed by atoms with Crippen LogP contribution in [-0.4, -0.2) is 19.7 Å². The van der Waals surface area contributed by atoms with Gasteiger partial charge in [0.15, 0.2) is 0 Å². The Bertz CT molecular complexity index is 526. The van der Waals surface area contributed by atoms with E-state index < -0.39 is 0 Å². The quantitative estimate of drug-likeness (QED) is 0.623. The number of hydrazine groups is 1. The summed E-state index contributed by atoms with van der Waals surface area (Å²) in [6.45, 7) is 2.98. The third-order valence-corrected chi connectivity index (χ3v) is 3.28. The zero-order valence-corrected chi connectivity index (χ0v) is 12.3. The summed E-state index contributed by atoms with van der Waals surface area (Å²) in [4.78, 5) is 8.45. The second kappa shape index (κ2) is 6.74. The fourth-order valence-electron chi connectivity index (χ4n) is 1.92. The third kappa shape index (κ3) is 3.59. The van der Waals surface area contributed by atoms with Crippen LogP contribution in [0.3, 0.4) is 0 Å². The van der Waals surface area contributed by atoms with Gasteiger partial charge < -0.3 is 0 Å². The highest BCUT2D eigenvalue weighted by Gasteiger charge is 2.15. The number of aryl methyl sites for hydroxylation is 1. The van der Waals surface area contributed by atoms with Gasteiger partial charge in [0.2, 0.25) is 0 Å². The van der Waals surface area contributed by atoms with E-state index in [0.29, 0.717) is 6.42 Å². The number of pyridine rings is 1. The van der Waals surface area contributed by atoms with E-state index in [2.05, 4.69) is 43.3 Å². The number of hydrogen-bond donors (Lipinski definition) is 2. The molecule has 1 unspecified atom stereocenters. The molecule has 0 fully saturated rings. The largest absolute Gasteiger partial charge is 0.271 e. The summed E-state index contributed by atoms with van der Waals surface area (Å²) < 4.78 is 2.84. The number of aromatic nitrogens is 4. The molecule has 7 heteroatoms. The first-order valence-corrected chi connectivity index (χ1v) is 6.97. The Labute approximate surface area is 120 Å². The lowest BCUT2D eigenvalue weighted by Crippen LogP contribution is -2.30. The molecule has 0 aliphatic carbocycles. The van der Waals surface area contributed by atoms with Gasteiger partial charge in [-0.05, 0) is 34.0 Å². The molecule has 0 amide bonds. The van der Waals surface area contributed by atoms with Gasteiger partial charge in [-0.2, -0.15) is 5.10 Å². The molecule has 0 aliphatic heterocycles. The van der Waals surface area contributed by atoms with Crippen LogP contribution in [0.15, 0.2) is 29.3 Å². The van der Waals surface area contributed by atoms with Crippen molar-refractivity contribution < 1.29 is 0 Å². The summed E-state index contributed by atoms with van der Waals surface area (Å²) in [5, 5.41) is 4.22. The van der Waals surface area contributed by atoms with Gasteiger partial charge in [-0.3, -0.25) is 20.9 Å². The number of rotatable bonds is 6. The van der Waals surface area contributed by atoms with E-state index >= 15 is 0 Å². The maximum atomic E-state index is 5.64. The van der Waals surface area contributed by atoms with E-state index in [4.69, 9.17) is 5.84 Å². The topological polar surface area (TPSA) is 81.7 Å². The molecule has 2 rings (SSSR count). The van der Waals surface area contributed by atoms with E-state index in [1.807, 2.05) is 10.7 Å². The van der Waals surface area contributed by atoms with Gasteiger partial charge >= 0.3 is 0 Å². The summed E-state index contributed by atoms with van der Waals surface area (Å²) in [5.74, 6) is 6.57. The average molecular weight is 325 g/mol. The second-order valence-electron chi connectivity index (χ2n) is 4.26. The van der Waals surface area contributed by atoms with Gasteiger partial charge in [0.25, 0.3) is 0 Å².